The van der Waals surface area contributed by atoms with Crippen LogP contribution in [0.2, 0.25) is 0 Å². The normalized spacial score (nSPS) is 12.7. The lowest BCUT2D eigenvalue weighted by molar-refractivity contribution is 0.260. The molecule has 0 aliphatic carbocycles. The van der Waals surface area contributed by atoms with E-state index in [1.165, 1.54) is 11.1 Å². The number of nitrogens with zero attached hydrogens (tertiary/aromatic N) is 2. The van der Waals surface area contributed by atoms with Gasteiger partial charge in [-0.1, -0.05) is 50.6 Å². The minimum absolute atomic E-state index is 0.0710. The third kappa shape index (κ3) is 5.67. The molecule has 0 aliphatic heterocycles. The van der Waals surface area contributed by atoms with E-state index in [1.807, 2.05) is 16.9 Å². The van der Waals surface area contributed by atoms with Crippen LogP contribution in [0.25, 0.3) is 0 Å². The van der Waals surface area contributed by atoms with Gasteiger partial charge in [-0.05, 0) is 36.2 Å². The zero-order chi connectivity index (χ0) is 16.9. The van der Waals surface area contributed by atoms with E-state index < -0.39 is 0 Å². The van der Waals surface area contributed by atoms with E-state index in [9.17, 15) is 0 Å². The van der Waals surface area contributed by atoms with Crippen LogP contribution in [0.1, 0.15) is 31.9 Å². The van der Waals surface area contributed by atoms with Crippen LogP contribution < -0.4 is 10.6 Å². The molecule has 1 aromatic carbocycles. The van der Waals surface area contributed by atoms with Gasteiger partial charge in [-0.3, -0.25) is 4.68 Å². The molecule has 2 N–H and O–H groups in total. The molecule has 0 saturated heterocycles. The Labute approximate surface area is 144 Å². The lowest BCUT2D eigenvalue weighted by atomic mass is 9.87. The van der Waals surface area contributed by atoms with E-state index in [1.54, 1.807) is 6.20 Å². The van der Waals surface area contributed by atoms with Gasteiger partial charge in [0.15, 0.2) is 5.11 Å². The summed E-state index contributed by atoms with van der Waals surface area (Å²) in [6.45, 7) is 10.2. The Morgan fingerprint density at radius 2 is 1.96 bits per heavy atom. The number of thiocarbonyl (C=S) groups is 1. The van der Waals surface area contributed by atoms with Gasteiger partial charge in [-0.15, -0.1) is 0 Å². The fourth-order valence-corrected chi connectivity index (χ4v) is 2.44. The van der Waals surface area contributed by atoms with Crippen molar-refractivity contribution in [1.29, 1.82) is 0 Å². The second-order valence-corrected chi connectivity index (χ2v) is 7.37. The van der Waals surface area contributed by atoms with E-state index in [4.69, 9.17) is 12.2 Å². The van der Waals surface area contributed by atoms with Crippen LogP contribution in [-0.2, 0) is 13.1 Å². The first-order chi connectivity index (χ1) is 10.8. The summed E-state index contributed by atoms with van der Waals surface area (Å²) in [5, 5.41) is 11.7. The average molecular weight is 331 g/mol. The highest BCUT2D eigenvalue weighted by molar-refractivity contribution is 7.80. The number of rotatable bonds is 5. The van der Waals surface area contributed by atoms with Crippen LogP contribution in [0.3, 0.4) is 0 Å². The van der Waals surface area contributed by atoms with Crippen LogP contribution in [0, 0.1) is 12.3 Å². The van der Waals surface area contributed by atoms with Crippen molar-refractivity contribution in [3.8, 4) is 0 Å². The molecular weight excluding hydrogens is 304 g/mol. The molecule has 1 aromatic heterocycles. The highest BCUT2D eigenvalue weighted by Gasteiger charge is 2.25. The molecule has 0 bridgehead atoms. The number of benzene rings is 1. The van der Waals surface area contributed by atoms with Gasteiger partial charge >= 0.3 is 0 Å². The van der Waals surface area contributed by atoms with Crippen molar-refractivity contribution in [2.24, 2.45) is 5.41 Å². The van der Waals surface area contributed by atoms with Gasteiger partial charge in [-0.2, -0.15) is 5.10 Å². The second-order valence-electron chi connectivity index (χ2n) is 6.96. The predicted octanol–water partition coefficient (Wildman–Crippen LogP) is 3.27. The van der Waals surface area contributed by atoms with Crippen molar-refractivity contribution in [3.05, 3.63) is 53.9 Å². The van der Waals surface area contributed by atoms with E-state index in [0.29, 0.717) is 5.11 Å². The summed E-state index contributed by atoms with van der Waals surface area (Å²) in [6, 6.07) is 10.6. The molecule has 1 unspecified atom stereocenters. The molecule has 2 aromatic rings. The molecule has 0 amide bonds. The third-order valence-corrected chi connectivity index (χ3v) is 4.12. The van der Waals surface area contributed by atoms with Crippen molar-refractivity contribution in [2.45, 2.75) is 46.8 Å². The maximum absolute atomic E-state index is 5.47. The maximum atomic E-state index is 5.47. The fraction of sp³-hybridized carbons (Fsp3) is 0.444. The third-order valence-electron chi connectivity index (χ3n) is 3.85. The van der Waals surface area contributed by atoms with Crippen LogP contribution in [0.15, 0.2) is 42.7 Å². The van der Waals surface area contributed by atoms with Gasteiger partial charge in [-0.25, -0.2) is 0 Å². The number of hydrogen-bond acceptors (Lipinski definition) is 2. The summed E-state index contributed by atoms with van der Waals surface area (Å²) in [7, 11) is 0. The molecule has 23 heavy (non-hydrogen) atoms. The zero-order valence-electron chi connectivity index (χ0n) is 14.3. The van der Waals surface area contributed by atoms with Gasteiger partial charge in [0.2, 0.25) is 0 Å². The van der Waals surface area contributed by atoms with E-state index >= 15 is 0 Å². The Kier molecular flexibility index (Phi) is 5.77. The van der Waals surface area contributed by atoms with E-state index in [0.717, 1.165) is 13.1 Å². The fourth-order valence-electron chi connectivity index (χ4n) is 2.23. The lowest BCUT2D eigenvalue weighted by Crippen LogP contribution is -2.49. The predicted molar refractivity (Wildman–Crippen MR) is 99.2 cm³/mol. The molecule has 4 nitrogen and oxygen atoms in total. The maximum Gasteiger partial charge on any atom is 0.166 e. The zero-order valence-corrected chi connectivity index (χ0v) is 15.2. The van der Waals surface area contributed by atoms with Crippen molar-refractivity contribution in [2.75, 3.05) is 0 Å². The van der Waals surface area contributed by atoms with Gasteiger partial charge in [0, 0.05) is 18.9 Å². The molecule has 0 spiro atoms. The van der Waals surface area contributed by atoms with Gasteiger partial charge < -0.3 is 10.6 Å². The molecule has 0 aliphatic rings. The molecule has 5 heteroatoms. The van der Waals surface area contributed by atoms with Gasteiger partial charge in [0.25, 0.3) is 0 Å². The minimum Gasteiger partial charge on any atom is -0.359 e. The Morgan fingerprint density at radius 3 is 2.52 bits per heavy atom. The van der Waals surface area contributed by atoms with Crippen molar-refractivity contribution in [3.63, 3.8) is 0 Å². The molecule has 1 heterocycles. The summed E-state index contributed by atoms with van der Waals surface area (Å²) < 4.78 is 1.94. The quantitative estimate of drug-likeness (QED) is 0.826. The topological polar surface area (TPSA) is 41.9 Å². The highest BCUT2D eigenvalue weighted by Crippen LogP contribution is 2.20. The molecule has 124 valence electrons. The Morgan fingerprint density at radius 1 is 1.26 bits per heavy atom. The second kappa shape index (κ2) is 7.59. The van der Waals surface area contributed by atoms with E-state index in [-0.39, 0.29) is 11.5 Å². The number of aryl methyl sites for hydroxylation is 1. The molecule has 0 saturated carbocycles. The summed E-state index contributed by atoms with van der Waals surface area (Å²) in [4.78, 5) is 0. The largest absolute Gasteiger partial charge is 0.359 e. The van der Waals surface area contributed by atoms with Gasteiger partial charge in [0.05, 0.1) is 12.6 Å². The Hall–Kier alpha value is -1.88. The molecule has 2 rings (SSSR count). The summed E-state index contributed by atoms with van der Waals surface area (Å²) in [6.07, 6.45) is 3.77. The molecule has 1 atom stereocenters. The number of aromatic nitrogens is 2. The SMILES string of the molecule is Cc1ccc(CNC(=S)NC(Cn2cccn2)C(C)(C)C)cc1. The summed E-state index contributed by atoms with van der Waals surface area (Å²) in [5.74, 6) is 0. The average Bonchev–Trinajstić information content (AvgIpc) is 2.98. The first-order valence-corrected chi connectivity index (χ1v) is 8.33. The highest BCUT2D eigenvalue weighted by atomic mass is 32.1. The van der Waals surface area contributed by atoms with Crippen molar-refractivity contribution in [1.82, 2.24) is 20.4 Å². The van der Waals surface area contributed by atoms with Crippen LogP contribution in [0.4, 0.5) is 0 Å². The van der Waals surface area contributed by atoms with Crippen molar-refractivity contribution < 1.29 is 0 Å². The van der Waals surface area contributed by atoms with Crippen LogP contribution in [0.5, 0.6) is 0 Å². The molecular formula is C18H26N4S. The summed E-state index contributed by atoms with van der Waals surface area (Å²) in [5.41, 5.74) is 2.56. The standard InChI is InChI=1S/C18H26N4S/c1-14-6-8-15(9-7-14)12-19-17(23)21-16(18(2,3)4)13-22-11-5-10-20-22/h5-11,16H,12-13H2,1-4H3,(H2,19,21,23). The Bertz CT molecular complexity index is 611. The van der Waals surface area contributed by atoms with Gasteiger partial charge in [0.1, 0.15) is 0 Å². The van der Waals surface area contributed by atoms with Crippen molar-refractivity contribution >= 4 is 17.3 Å². The minimum atomic E-state index is 0.0710. The Balaban J connectivity index is 1.90. The smallest absolute Gasteiger partial charge is 0.166 e. The first kappa shape index (κ1) is 17.5. The van der Waals surface area contributed by atoms with E-state index in [2.05, 4.69) is 67.7 Å². The van der Waals surface area contributed by atoms with Crippen LogP contribution in [-0.4, -0.2) is 20.9 Å². The van der Waals surface area contributed by atoms with Crippen LogP contribution >= 0.6 is 12.2 Å². The monoisotopic (exact) mass is 330 g/mol. The molecule has 0 fully saturated rings. The summed E-state index contributed by atoms with van der Waals surface area (Å²) >= 11 is 5.47. The number of hydrogen-bond donors (Lipinski definition) is 2. The lowest BCUT2D eigenvalue weighted by Gasteiger charge is -2.32. The molecule has 0 radical (unpaired) electrons. The first-order valence-electron chi connectivity index (χ1n) is 7.92. The number of nitrogens with one attached hydrogen (secondary N) is 2.